The lowest BCUT2D eigenvalue weighted by Gasteiger charge is -2.28. The summed E-state index contributed by atoms with van der Waals surface area (Å²) in [6, 6.07) is 7.11. The molecule has 0 aliphatic heterocycles. The second kappa shape index (κ2) is 14.7. The van der Waals surface area contributed by atoms with Gasteiger partial charge >= 0.3 is 18.4 Å². The molecule has 1 N–H and O–H groups in total. The fourth-order valence-electron chi connectivity index (χ4n) is 4.35. The molecule has 3 aromatic rings. The SMILES string of the molecule is CCCN(CC(=O)N(CCc1ccc(OC)c(OC)c1)Cc1sccc1C)C(=O)Nc1cc(C(F)(F)F)cc(C(F)(F)F)c1. The van der Waals surface area contributed by atoms with E-state index in [0.717, 1.165) is 20.9 Å². The van der Waals surface area contributed by atoms with E-state index in [0.29, 0.717) is 36.5 Å². The highest BCUT2D eigenvalue weighted by atomic mass is 32.1. The molecule has 44 heavy (non-hydrogen) atoms. The third-order valence-electron chi connectivity index (χ3n) is 6.72. The summed E-state index contributed by atoms with van der Waals surface area (Å²) >= 11 is 1.46. The number of rotatable bonds is 12. The van der Waals surface area contributed by atoms with Gasteiger partial charge in [-0.2, -0.15) is 26.3 Å². The first-order chi connectivity index (χ1) is 20.7. The summed E-state index contributed by atoms with van der Waals surface area (Å²) in [6.07, 6.45) is -9.34. The van der Waals surface area contributed by atoms with Crippen LogP contribution in [0.4, 0.5) is 36.8 Å². The van der Waals surface area contributed by atoms with E-state index in [4.69, 9.17) is 9.47 Å². The van der Waals surface area contributed by atoms with Crippen LogP contribution in [-0.4, -0.2) is 55.6 Å². The first-order valence-electron chi connectivity index (χ1n) is 13.5. The van der Waals surface area contributed by atoms with Crippen molar-refractivity contribution in [1.82, 2.24) is 9.80 Å². The molecule has 14 heteroatoms. The van der Waals surface area contributed by atoms with Crippen LogP contribution < -0.4 is 14.8 Å². The Morgan fingerprint density at radius 2 is 1.50 bits per heavy atom. The fourth-order valence-corrected chi connectivity index (χ4v) is 5.27. The lowest BCUT2D eigenvalue weighted by atomic mass is 10.1. The number of hydrogen-bond donors (Lipinski definition) is 1. The number of anilines is 1. The van der Waals surface area contributed by atoms with E-state index in [2.05, 4.69) is 5.32 Å². The molecule has 2 aromatic carbocycles. The number of amides is 3. The molecule has 240 valence electrons. The summed E-state index contributed by atoms with van der Waals surface area (Å²) in [5, 5.41) is 4.02. The minimum atomic E-state index is -5.08. The predicted molar refractivity (Wildman–Crippen MR) is 155 cm³/mol. The Labute approximate surface area is 255 Å². The van der Waals surface area contributed by atoms with Crippen LogP contribution in [0.25, 0.3) is 0 Å². The number of alkyl halides is 6. The molecule has 0 atom stereocenters. The van der Waals surface area contributed by atoms with Crippen LogP contribution in [0, 0.1) is 6.92 Å². The Bertz CT molecular complexity index is 1410. The predicted octanol–water partition coefficient (Wildman–Crippen LogP) is 7.63. The standard InChI is InChI=1S/C30H33F6N3O4S/c1-5-10-39(28(41)37-23-15-21(29(31,32)33)14-22(16-23)30(34,35)36)18-27(40)38(17-26-19(2)9-12-44-26)11-8-20-6-7-24(42-3)25(13-20)43-4/h6-7,9,12-16H,5,8,10-11,17-18H2,1-4H3,(H,37,41). The summed E-state index contributed by atoms with van der Waals surface area (Å²) in [7, 11) is 3.02. The molecule has 0 radical (unpaired) electrons. The zero-order chi connectivity index (χ0) is 32.7. The van der Waals surface area contributed by atoms with Gasteiger partial charge in [0.2, 0.25) is 5.91 Å². The molecule has 0 unspecified atom stereocenters. The van der Waals surface area contributed by atoms with Crippen molar-refractivity contribution in [3.05, 3.63) is 75.0 Å². The molecular weight excluding hydrogens is 612 g/mol. The zero-order valence-electron chi connectivity index (χ0n) is 24.6. The van der Waals surface area contributed by atoms with Crippen LogP contribution in [0.1, 0.15) is 40.5 Å². The van der Waals surface area contributed by atoms with E-state index in [-0.39, 0.29) is 25.7 Å². The van der Waals surface area contributed by atoms with Crippen molar-refractivity contribution in [2.45, 2.75) is 45.6 Å². The highest BCUT2D eigenvalue weighted by Gasteiger charge is 2.37. The number of halogens is 6. The van der Waals surface area contributed by atoms with Crippen molar-refractivity contribution in [2.24, 2.45) is 0 Å². The van der Waals surface area contributed by atoms with Gasteiger partial charge in [-0.3, -0.25) is 4.79 Å². The Kier molecular flexibility index (Phi) is 11.5. The second-order valence-corrected chi connectivity index (χ2v) is 10.9. The Balaban J connectivity index is 1.83. The Morgan fingerprint density at radius 3 is 2.02 bits per heavy atom. The van der Waals surface area contributed by atoms with Gasteiger partial charge in [-0.15, -0.1) is 11.3 Å². The van der Waals surface area contributed by atoms with Crippen LogP contribution in [-0.2, 0) is 30.1 Å². The second-order valence-electron chi connectivity index (χ2n) is 9.93. The molecule has 0 aliphatic carbocycles. The van der Waals surface area contributed by atoms with E-state index < -0.39 is 47.6 Å². The molecule has 7 nitrogen and oxygen atoms in total. The number of carbonyl (C=O) groups is 2. The largest absolute Gasteiger partial charge is 0.493 e. The van der Waals surface area contributed by atoms with Gasteiger partial charge in [0.25, 0.3) is 0 Å². The molecule has 1 heterocycles. The number of benzene rings is 2. The van der Waals surface area contributed by atoms with Gasteiger partial charge in [0.15, 0.2) is 11.5 Å². The highest BCUT2D eigenvalue weighted by Crippen LogP contribution is 2.37. The summed E-state index contributed by atoms with van der Waals surface area (Å²) in [5.41, 5.74) is -1.98. The molecule has 3 rings (SSSR count). The fraction of sp³-hybridized carbons (Fsp3) is 0.400. The monoisotopic (exact) mass is 645 g/mol. The maximum atomic E-state index is 13.6. The van der Waals surface area contributed by atoms with E-state index >= 15 is 0 Å². The van der Waals surface area contributed by atoms with Crippen LogP contribution in [0.5, 0.6) is 11.5 Å². The topological polar surface area (TPSA) is 71.1 Å². The van der Waals surface area contributed by atoms with Gasteiger partial charge in [-0.05, 0) is 72.7 Å². The van der Waals surface area contributed by atoms with E-state index in [9.17, 15) is 35.9 Å². The van der Waals surface area contributed by atoms with Crippen LogP contribution >= 0.6 is 11.3 Å². The van der Waals surface area contributed by atoms with Crippen LogP contribution in [0.2, 0.25) is 0 Å². The molecule has 0 saturated heterocycles. The number of nitrogens with zero attached hydrogens (tertiary/aromatic N) is 2. The van der Waals surface area contributed by atoms with E-state index in [1.807, 2.05) is 24.4 Å². The third-order valence-corrected chi connectivity index (χ3v) is 7.73. The van der Waals surface area contributed by atoms with Crippen LogP contribution in [0.15, 0.2) is 47.8 Å². The first kappa shape index (κ1) is 34.5. The number of hydrogen-bond acceptors (Lipinski definition) is 5. The summed E-state index contributed by atoms with van der Waals surface area (Å²) < 4.78 is 90.6. The lowest BCUT2D eigenvalue weighted by Crippen LogP contribution is -2.45. The number of thiophene rings is 1. The van der Waals surface area contributed by atoms with Crippen molar-refractivity contribution < 1.29 is 45.4 Å². The minimum Gasteiger partial charge on any atom is -0.493 e. The molecule has 1 aromatic heterocycles. The molecule has 0 spiro atoms. The Morgan fingerprint density at radius 1 is 0.864 bits per heavy atom. The van der Waals surface area contributed by atoms with Crippen molar-refractivity contribution in [1.29, 1.82) is 0 Å². The van der Waals surface area contributed by atoms with Crippen molar-refractivity contribution in [3.63, 3.8) is 0 Å². The van der Waals surface area contributed by atoms with E-state index in [1.54, 1.807) is 24.0 Å². The average Bonchev–Trinajstić information content (AvgIpc) is 3.37. The zero-order valence-corrected chi connectivity index (χ0v) is 25.4. The van der Waals surface area contributed by atoms with Gasteiger partial charge in [-0.25, -0.2) is 4.79 Å². The number of nitrogens with one attached hydrogen (secondary N) is 1. The molecule has 0 fully saturated rings. The molecule has 0 aliphatic rings. The smallest absolute Gasteiger partial charge is 0.416 e. The van der Waals surface area contributed by atoms with Gasteiger partial charge in [0.1, 0.15) is 6.54 Å². The van der Waals surface area contributed by atoms with Crippen molar-refractivity contribution in [3.8, 4) is 11.5 Å². The number of methoxy groups -OCH3 is 2. The maximum Gasteiger partial charge on any atom is 0.416 e. The number of urea groups is 1. The molecule has 3 amide bonds. The highest BCUT2D eigenvalue weighted by molar-refractivity contribution is 7.10. The number of carbonyl (C=O) groups excluding carboxylic acids is 2. The minimum absolute atomic E-state index is 0.0220. The molecular formula is C30H33F6N3O4S. The first-order valence-corrected chi connectivity index (χ1v) is 14.4. The summed E-state index contributed by atoms with van der Waals surface area (Å²) in [4.78, 5) is 30.3. The average molecular weight is 646 g/mol. The Hall–Kier alpha value is -3.94. The third kappa shape index (κ3) is 9.28. The maximum absolute atomic E-state index is 13.6. The number of ether oxygens (including phenoxy) is 2. The van der Waals surface area contributed by atoms with Gasteiger partial charge in [-0.1, -0.05) is 13.0 Å². The lowest BCUT2D eigenvalue weighted by molar-refractivity contribution is -0.143. The van der Waals surface area contributed by atoms with E-state index in [1.165, 1.54) is 25.6 Å². The van der Waals surface area contributed by atoms with Crippen molar-refractivity contribution in [2.75, 3.05) is 39.2 Å². The summed E-state index contributed by atoms with van der Waals surface area (Å²) in [6.45, 7) is 3.73. The number of aryl methyl sites for hydroxylation is 1. The molecule has 0 saturated carbocycles. The molecule has 0 bridgehead atoms. The van der Waals surface area contributed by atoms with Gasteiger partial charge < -0.3 is 24.6 Å². The van der Waals surface area contributed by atoms with Gasteiger partial charge in [0.05, 0.1) is 31.9 Å². The van der Waals surface area contributed by atoms with Gasteiger partial charge in [0, 0.05) is 23.7 Å². The summed E-state index contributed by atoms with van der Waals surface area (Å²) in [5.74, 6) is 0.621. The van der Waals surface area contributed by atoms with Crippen molar-refractivity contribution >= 4 is 29.0 Å². The van der Waals surface area contributed by atoms with Crippen LogP contribution in [0.3, 0.4) is 0 Å². The quantitative estimate of drug-likeness (QED) is 0.206. The normalized spacial score (nSPS) is 11.7.